The van der Waals surface area contributed by atoms with Crippen LogP contribution in [0.3, 0.4) is 0 Å². The zero-order chi connectivity index (χ0) is 13.1. The first-order valence-corrected chi connectivity index (χ1v) is 6.39. The molecular weight excluding hydrogens is 248 g/mol. The monoisotopic (exact) mass is 264 g/mol. The summed E-state index contributed by atoms with van der Waals surface area (Å²) in [6, 6.07) is 7.97. The summed E-state index contributed by atoms with van der Waals surface area (Å²) in [5.41, 5.74) is 3.01. The van der Waals surface area contributed by atoms with Crippen LogP contribution in [-0.4, -0.2) is 9.78 Å². The van der Waals surface area contributed by atoms with Gasteiger partial charge in [0.15, 0.2) is 0 Å². The van der Waals surface area contributed by atoms with Crippen molar-refractivity contribution in [3.8, 4) is 5.75 Å². The number of nitrogens with zero attached hydrogens (tertiary/aromatic N) is 2. The first kappa shape index (κ1) is 13.0. The average molecular weight is 265 g/mol. The van der Waals surface area contributed by atoms with Crippen LogP contribution in [-0.2, 0) is 20.1 Å². The fraction of sp³-hybridized carbons (Fsp3) is 0.357. The van der Waals surface area contributed by atoms with Crippen molar-refractivity contribution >= 4 is 11.6 Å². The van der Waals surface area contributed by atoms with E-state index in [1.165, 1.54) is 5.56 Å². The Morgan fingerprint density at radius 3 is 2.78 bits per heavy atom. The maximum atomic E-state index is 6.26. The van der Waals surface area contributed by atoms with E-state index in [0.717, 1.165) is 23.6 Å². The molecule has 0 spiro atoms. The minimum Gasteiger partial charge on any atom is -0.487 e. The molecule has 3 nitrogen and oxygen atoms in total. The second-order valence-corrected chi connectivity index (χ2v) is 4.67. The number of benzene rings is 1. The van der Waals surface area contributed by atoms with Crippen LogP contribution >= 0.6 is 11.6 Å². The van der Waals surface area contributed by atoms with E-state index in [4.69, 9.17) is 16.3 Å². The molecule has 0 aliphatic heterocycles. The highest BCUT2D eigenvalue weighted by Crippen LogP contribution is 2.22. The molecule has 0 aliphatic carbocycles. The Balaban J connectivity index is 2.13. The SMILES string of the molecule is CCc1nn(C)c(COc2cccc(C)c2)c1Cl. The molecule has 0 saturated carbocycles. The second kappa shape index (κ2) is 5.44. The molecule has 0 amide bonds. The average Bonchev–Trinajstić information content (AvgIpc) is 2.62. The normalized spacial score (nSPS) is 10.7. The van der Waals surface area contributed by atoms with E-state index in [1.807, 2.05) is 45.2 Å². The number of ether oxygens (including phenoxy) is 1. The minimum absolute atomic E-state index is 0.436. The minimum atomic E-state index is 0.436. The zero-order valence-corrected chi connectivity index (χ0v) is 11.7. The van der Waals surface area contributed by atoms with Gasteiger partial charge in [0.2, 0.25) is 0 Å². The van der Waals surface area contributed by atoms with Gasteiger partial charge in [-0.25, -0.2) is 0 Å². The molecule has 4 heteroatoms. The molecule has 0 fully saturated rings. The van der Waals surface area contributed by atoms with E-state index in [0.29, 0.717) is 11.6 Å². The highest BCUT2D eigenvalue weighted by Gasteiger charge is 2.13. The predicted molar refractivity (Wildman–Crippen MR) is 73.1 cm³/mol. The van der Waals surface area contributed by atoms with Gasteiger partial charge in [0, 0.05) is 7.05 Å². The Morgan fingerprint density at radius 2 is 2.17 bits per heavy atom. The van der Waals surface area contributed by atoms with Gasteiger partial charge in [0.1, 0.15) is 12.4 Å². The van der Waals surface area contributed by atoms with Crippen LogP contribution in [0.2, 0.25) is 5.02 Å². The van der Waals surface area contributed by atoms with E-state index >= 15 is 0 Å². The Hall–Kier alpha value is -1.48. The molecule has 2 rings (SSSR count). The standard InChI is InChI=1S/C14H17ClN2O/c1-4-12-14(15)13(17(3)16-12)9-18-11-7-5-6-10(2)8-11/h5-8H,4,9H2,1-3H3. The lowest BCUT2D eigenvalue weighted by Crippen LogP contribution is -2.03. The van der Waals surface area contributed by atoms with E-state index in [2.05, 4.69) is 5.10 Å². The maximum absolute atomic E-state index is 6.26. The van der Waals surface area contributed by atoms with Gasteiger partial charge in [0.25, 0.3) is 0 Å². The zero-order valence-electron chi connectivity index (χ0n) is 10.9. The topological polar surface area (TPSA) is 27.1 Å². The van der Waals surface area contributed by atoms with Crippen LogP contribution in [0.15, 0.2) is 24.3 Å². The lowest BCUT2D eigenvalue weighted by molar-refractivity contribution is 0.295. The third kappa shape index (κ3) is 2.67. The van der Waals surface area contributed by atoms with E-state index in [-0.39, 0.29) is 0 Å². The van der Waals surface area contributed by atoms with Gasteiger partial charge in [-0.15, -0.1) is 0 Å². The summed E-state index contributed by atoms with van der Waals surface area (Å²) in [4.78, 5) is 0. The third-order valence-electron chi connectivity index (χ3n) is 2.87. The van der Waals surface area contributed by atoms with Crippen molar-refractivity contribution in [2.24, 2.45) is 7.05 Å². The number of hydrogen-bond donors (Lipinski definition) is 0. The quantitative estimate of drug-likeness (QED) is 0.845. The van der Waals surface area contributed by atoms with Crippen molar-refractivity contribution in [3.63, 3.8) is 0 Å². The van der Waals surface area contributed by atoms with Gasteiger partial charge < -0.3 is 4.74 Å². The molecular formula is C14H17ClN2O. The van der Waals surface area contributed by atoms with Gasteiger partial charge >= 0.3 is 0 Å². The number of hydrogen-bond acceptors (Lipinski definition) is 2. The van der Waals surface area contributed by atoms with Crippen molar-refractivity contribution in [2.45, 2.75) is 26.9 Å². The predicted octanol–water partition coefficient (Wildman–Crippen LogP) is 3.52. The molecule has 0 unspecified atom stereocenters. The summed E-state index contributed by atoms with van der Waals surface area (Å²) in [6.07, 6.45) is 0.830. The van der Waals surface area contributed by atoms with Crippen LogP contribution in [0.4, 0.5) is 0 Å². The second-order valence-electron chi connectivity index (χ2n) is 4.29. The molecule has 18 heavy (non-hydrogen) atoms. The molecule has 2 aromatic rings. The van der Waals surface area contributed by atoms with Gasteiger partial charge in [0.05, 0.1) is 16.4 Å². The highest BCUT2D eigenvalue weighted by molar-refractivity contribution is 6.31. The Morgan fingerprint density at radius 1 is 1.39 bits per heavy atom. The van der Waals surface area contributed by atoms with Gasteiger partial charge in [-0.2, -0.15) is 5.10 Å². The van der Waals surface area contributed by atoms with Crippen LogP contribution < -0.4 is 4.74 Å². The van der Waals surface area contributed by atoms with Crippen molar-refractivity contribution in [1.29, 1.82) is 0 Å². The summed E-state index contributed by atoms with van der Waals surface area (Å²) in [7, 11) is 1.89. The molecule has 1 heterocycles. The molecule has 0 radical (unpaired) electrons. The Labute approximate surface area is 112 Å². The molecule has 96 valence electrons. The molecule has 0 aliphatic rings. The van der Waals surface area contributed by atoms with Crippen molar-refractivity contribution in [2.75, 3.05) is 0 Å². The first-order chi connectivity index (χ1) is 8.61. The van der Waals surface area contributed by atoms with Crippen LogP contribution in [0.25, 0.3) is 0 Å². The molecule has 0 bridgehead atoms. The fourth-order valence-corrected chi connectivity index (χ4v) is 2.18. The number of rotatable bonds is 4. The number of halogens is 1. The molecule has 0 atom stereocenters. The summed E-state index contributed by atoms with van der Waals surface area (Å²) in [6.45, 7) is 4.52. The summed E-state index contributed by atoms with van der Waals surface area (Å²) in [5, 5.41) is 5.08. The van der Waals surface area contributed by atoms with Crippen LogP contribution in [0, 0.1) is 6.92 Å². The lowest BCUT2D eigenvalue weighted by Gasteiger charge is -2.07. The van der Waals surface area contributed by atoms with Crippen molar-refractivity contribution < 1.29 is 4.74 Å². The maximum Gasteiger partial charge on any atom is 0.131 e. The van der Waals surface area contributed by atoms with E-state index < -0.39 is 0 Å². The third-order valence-corrected chi connectivity index (χ3v) is 3.30. The largest absolute Gasteiger partial charge is 0.487 e. The van der Waals surface area contributed by atoms with E-state index in [1.54, 1.807) is 4.68 Å². The van der Waals surface area contributed by atoms with Gasteiger partial charge in [-0.05, 0) is 31.0 Å². The lowest BCUT2D eigenvalue weighted by atomic mass is 10.2. The molecule has 0 N–H and O–H groups in total. The number of aromatic nitrogens is 2. The fourth-order valence-electron chi connectivity index (χ4n) is 1.83. The first-order valence-electron chi connectivity index (χ1n) is 6.01. The number of aryl methyl sites for hydroxylation is 3. The summed E-state index contributed by atoms with van der Waals surface area (Å²) < 4.78 is 7.54. The van der Waals surface area contributed by atoms with Crippen LogP contribution in [0.1, 0.15) is 23.9 Å². The summed E-state index contributed by atoms with van der Waals surface area (Å²) >= 11 is 6.26. The molecule has 1 aromatic heterocycles. The van der Waals surface area contributed by atoms with Crippen molar-refractivity contribution in [3.05, 3.63) is 46.2 Å². The van der Waals surface area contributed by atoms with Gasteiger partial charge in [-0.1, -0.05) is 30.7 Å². The Bertz CT molecular complexity index is 549. The molecule has 1 aromatic carbocycles. The Kier molecular flexibility index (Phi) is 3.92. The van der Waals surface area contributed by atoms with Crippen molar-refractivity contribution in [1.82, 2.24) is 9.78 Å². The van der Waals surface area contributed by atoms with Gasteiger partial charge in [-0.3, -0.25) is 4.68 Å². The highest BCUT2D eigenvalue weighted by atomic mass is 35.5. The smallest absolute Gasteiger partial charge is 0.131 e. The summed E-state index contributed by atoms with van der Waals surface area (Å²) in [5.74, 6) is 0.852. The van der Waals surface area contributed by atoms with Crippen LogP contribution in [0.5, 0.6) is 5.75 Å². The van der Waals surface area contributed by atoms with E-state index in [9.17, 15) is 0 Å². The molecule has 0 saturated heterocycles.